The van der Waals surface area contributed by atoms with Crippen molar-refractivity contribution in [3.8, 4) is 0 Å². The Hall–Kier alpha value is -2.75. The van der Waals surface area contributed by atoms with Crippen molar-refractivity contribution in [1.29, 1.82) is 5.41 Å². The second-order valence-electron chi connectivity index (χ2n) is 4.56. The molecule has 24 heavy (non-hydrogen) atoms. The van der Waals surface area contributed by atoms with Gasteiger partial charge < -0.3 is 0 Å². The number of hydrogen-bond donors (Lipinski definition) is 5. The molecule has 8 nitrogen and oxygen atoms in total. The van der Waals surface area contributed by atoms with E-state index in [1.807, 2.05) is 37.3 Å². The number of hydrogen-bond acceptors (Lipinski definition) is 5. The van der Waals surface area contributed by atoms with Crippen molar-refractivity contribution in [3.63, 3.8) is 0 Å². The van der Waals surface area contributed by atoms with E-state index in [0.717, 1.165) is 11.1 Å². The van der Waals surface area contributed by atoms with Gasteiger partial charge in [-0.2, -0.15) is 13.5 Å². The number of guanidine groups is 1. The fourth-order valence-corrected chi connectivity index (χ4v) is 1.93. The van der Waals surface area contributed by atoms with Gasteiger partial charge in [-0.05, 0) is 24.6 Å². The number of aryl methyl sites for hydroxylation is 1. The summed E-state index contributed by atoms with van der Waals surface area (Å²) in [7, 11) is -4.02. The van der Waals surface area contributed by atoms with Gasteiger partial charge in [-0.3, -0.25) is 15.2 Å². The topological polar surface area (TPSA) is 135 Å². The smallest absolute Gasteiger partial charge is 0.288 e. The SMILES string of the molecule is Cc1ccc(S(=O)(=O)O)cc1.N=C(NO)NN=Cc1ccccc1. The Morgan fingerprint density at radius 3 is 2.21 bits per heavy atom. The molecule has 0 amide bonds. The largest absolute Gasteiger partial charge is 0.294 e. The number of hydroxylamine groups is 1. The third kappa shape index (κ3) is 7.49. The fraction of sp³-hybridized carbons (Fsp3) is 0.0667. The molecule has 128 valence electrons. The summed E-state index contributed by atoms with van der Waals surface area (Å²) in [5, 5.41) is 18.8. The van der Waals surface area contributed by atoms with E-state index in [1.54, 1.807) is 23.8 Å². The molecule has 2 aromatic carbocycles. The number of nitrogens with zero attached hydrogens (tertiary/aromatic N) is 1. The molecule has 9 heteroatoms. The van der Waals surface area contributed by atoms with Crippen molar-refractivity contribution in [2.45, 2.75) is 11.8 Å². The molecule has 5 N–H and O–H groups in total. The monoisotopic (exact) mass is 350 g/mol. The Bertz CT molecular complexity index is 775. The number of rotatable bonds is 3. The molecule has 0 saturated heterocycles. The van der Waals surface area contributed by atoms with Gasteiger partial charge >= 0.3 is 0 Å². The zero-order chi connectivity index (χ0) is 18.0. The van der Waals surface area contributed by atoms with Crippen LogP contribution in [0.4, 0.5) is 0 Å². The third-order valence-corrected chi connectivity index (χ3v) is 3.49. The zero-order valence-corrected chi connectivity index (χ0v) is 13.7. The predicted octanol–water partition coefficient (Wildman–Crippen LogP) is 1.77. The van der Waals surface area contributed by atoms with Gasteiger partial charge in [0.15, 0.2) is 0 Å². The van der Waals surface area contributed by atoms with Crippen LogP contribution in [-0.4, -0.2) is 30.4 Å². The first-order chi connectivity index (χ1) is 11.3. The van der Waals surface area contributed by atoms with Gasteiger partial charge in [0.1, 0.15) is 0 Å². The summed E-state index contributed by atoms with van der Waals surface area (Å²) in [5.41, 5.74) is 5.76. The minimum atomic E-state index is -4.02. The van der Waals surface area contributed by atoms with Crippen LogP contribution in [0.15, 0.2) is 64.6 Å². The molecule has 0 heterocycles. The standard InChI is InChI=1S/C8H10N4O.C7H8O3S/c9-8(12-13)11-10-6-7-4-2-1-3-5-7;1-6-2-4-7(5-3-6)11(8,9)10/h1-6,13H,(H3,9,11,12);2-5H,1H3,(H,8,9,10). The highest BCUT2D eigenvalue weighted by molar-refractivity contribution is 7.85. The van der Waals surface area contributed by atoms with Crippen LogP contribution in [0.1, 0.15) is 11.1 Å². The van der Waals surface area contributed by atoms with Crippen molar-refractivity contribution >= 4 is 22.3 Å². The second kappa shape index (κ2) is 9.40. The average Bonchev–Trinajstić information content (AvgIpc) is 2.56. The van der Waals surface area contributed by atoms with Gasteiger partial charge in [-0.1, -0.05) is 48.0 Å². The van der Waals surface area contributed by atoms with Crippen LogP contribution in [0.3, 0.4) is 0 Å². The van der Waals surface area contributed by atoms with E-state index in [4.69, 9.17) is 15.2 Å². The summed E-state index contributed by atoms with van der Waals surface area (Å²) in [6, 6.07) is 15.4. The number of hydrazone groups is 1. The second-order valence-corrected chi connectivity index (χ2v) is 5.98. The number of nitrogens with one attached hydrogen (secondary N) is 3. The first kappa shape index (κ1) is 19.3. The van der Waals surface area contributed by atoms with Gasteiger partial charge in [0.05, 0.1) is 11.1 Å². The van der Waals surface area contributed by atoms with Gasteiger partial charge in [-0.25, -0.2) is 10.9 Å². The highest BCUT2D eigenvalue weighted by Gasteiger charge is 2.06. The van der Waals surface area contributed by atoms with E-state index in [-0.39, 0.29) is 10.9 Å². The van der Waals surface area contributed by atoms with Gasteiger partial charge in [0, 0.05) is 0 Å². The summed E-state index contributed by atoms with van der Waals surface area (Å²) in [6.07, 6.45) is 1.55. The third-order valence-electron chi connectivity index (χ3n) is 2.62. The molecule has 0 unspecified atom stereocenters. The van der Waals surface area contributed by atoms with Crippen molar-refractivity contribution < 1.29 is 18.2 Å². The lowest BCUT2D eigenvalue weighted by Gasteiger charge is -1.97. The van der Waals surface area contributed by atoms with Crippen molar-refractivity contribution in [1.82, 2.24) is 10.9 Å². The maximum atomic E-state index is 10.5. The fourth-order valence-electron chi connectivity index (χ4n) is 1.45. The van der Waals surface area contributed by atoms with Crippen LogP contribution in [0.25, 0.3) is 0 Å². The molecule has 0 atom stereocenters. The molecule has 0 spiro atoms. The Morgan fingerprint density at radius 1 is 1.12 bits per heavy atom. The van der Waals surface area contributed by atoms with Crippen LogP contribution >= 0.6 is 0 Å². The molecule has 0 aliphatic heterocycles. The molecule has 2 aromatic rings. The van der Waals surface area contributed by atoms with E-state index >= 15 is 0 Å². The maximum absolute atomic E-state index is 10.5. The lowest BCUT2D eigenvalue weighted by Crippen LogP contribution is -2.30. The summed E-state index contributed by atoms with van der Waals surface area (Å²) in [4.78, 5) is -0.0666. The first-order valence-corrected chi connectivity index (χ1v) is 8.14. The minimum Gasteiger partial charge on any atom is -0.288 e. The Balaban J connectivity index is 0.000000243. The molecule has 0 aliphatic rings. The Morgan fingerprint density at radius 2 is 1.71 bits per heavy atom. The van der Waals surface area contributed by atoms with E-state index < -0.39 is 10.1 Å². The van der Waals surface area contributed by atoms with Crippen molar-refractivity contribution in [2.24, 2.45) is 5.10 Å². The molecule has 0 aromatic heterocycles. The van der Waals surface area contributed by atoms with Gasteiger partial charge in [-0.15, -0.1) is 0 Å². The normalized spacial score (nSPS) is 10.6. The van der Waals surface area contributed by atoms with E-state index in [9.17, 15) is 8.42 Å². The maximum Gasteiger partial charge on any atom is 0.294 e. The molecular formula is C15H18N4O4S. The average molecular weight is 350 g/mol. The molecule has 0 aliphatic carbocycles. The van der Waals surface area contributed by atoms with E-state index in [0.29, 0.717) is 0 Å². The summed E-state index contributed by atoms with van der Waals surface area (Å²) >= 11 is 0. The lowest BCUT2D eigenvalue weighted by atomic mass is 10.2. The Labute approximate surface area is 140 Å². The molecule has 0 saturated carbocycles. The highest BCUT2D eigenvalue weighted by Crippen LogP contribution is 2.08. The van der Waals surface area contributed by atoms with Crippen LogP contribution in [-0.2, 0) is 10.1 Å². The summed E-state index contributed by atoms with van der Waals surface area (Å²) in [5.74, 6) is -0.271. The van der Waals surface area contributed by atoms with Gasteiger partial charge in [0.2, 0.25) is 5.96 Å². The van der Waals surface area contributed by atoms with Gasteiger partial charge in [0.25, 0.3) is 10.1 Å². The molecular weight excluding hydrogens is 332 g/mol. The number of benzene rings is 2. The molecule has 0 bridgehead atoms. The zero-order valence-electron chi connectivity index (χ0n) is 12.8. The Kier molecular flexibility index (Phi) is 7.56. The minimum absolute atomic E-state index is 0.0666. The highest BCUT2D eigenvalue weighted by atomic mass is 32.2. The van der Waals surface area contributed by atoms with Crippen LogP contribution in [0.5, 0.6) is 0 Å². The molecule has 0 fully saturated rings. The van der Waals surface area contributed by atoms with E-state index in [2.05, 4.69) is 10.5 Å². The summed E-state index contributed by atoms with van der Waals surface area (Å²) < 4.78 is 29.6. The van der Waals surface area contributed by atoms with E-state index in [1.165, 1.54) is 12.1 Å². The lowest BCUT2D eigenvalue weighted by molar-refractivity contribution is 0.228. The van der Waals surface area contributed by atoms with Crippen LogP contribution < -0.4 is 10.9 Å². The predicted molar refractivity (Wildman–Crippen MR) is 90.8 cm³/mol. The molecule has 2 rings (SSSR count). The van der Waals surface area contributed by atoms with Crippen molar-refractivity contribution in [2.75, 3.05) is 0 Å². The van der Waals surface area contributed by atoms with Crippen LogP contribution in [0.2, 0.25) is 0 Å². The van der Waals surface area contributed by atoms with Crippen LogP contribution in [0, 0.1) is 12.3 Å². The first-order valence-electron chi connectivity index (χ1n) is 6.70. The van der Waals surface area contributed by atoms with Crippen molar-refractivity contribution in [3.05, 3.63) is 65.7 Å². The molecule has 0 radical (unpaired) electrons. The quantitative estimate of drug-likeness (QED) is 0.248. The summed E-state index contributed by atoms with van der Waals surface area (Å²) in [6.45, 7) is 1.84.